The Balaban J connectivity index is 2.64. The Labute approximate surface area is 131 Å². The molecule has 0 bridgehead atoms. The van der Waals surface area contributed by atoms with Crippen LogP contribution in [0.4, 0.5) is 0 Å². The summed E-state index contributed by atoms with van der Waals surface area (Å²) >= 11 is 0. The fourth-order valence-corrected chi connectivity index (χ4v) is 2.32. The lowest BCUT2D eigenvalue weighted by Gasteiger charge is -2.20. The van der Waals surface area contributed by atoms with E-state index in [0.717, 1.165) is 5.56 Å². The van der Waals surface area contributed by atoms with Gasteiger partial charge in [0.1, 0.15) is 0 Å². The van der Waals surface area contributed by atoms with Crippen molar-refractivity contribution in [1.82, 2.24) is 9.78 Å². The third-order valence-electron chi connectivity index (χ3n) is 3.52. The molecule has 0 saturated heterocycles. The summed E-state index contributed by atoms with van der Waals surface area (Å²) in [4.78, 5) is 12.5. The highest BCUT2D eigenvalue weighted by Gasteiger charge is 2.23. The lowest BCUT2D eigenvalue weighted by molar-refractivity contribution is 0.0760. The maximum absolute atomic E-state index is 12.5. The zero-order valence-corrected chi connectivity index (χ0v) is 13.9. The Kier molecular flexibility index (Phi) is 4.52. The quantitative estimate of drug-likeness (QED) is 0.944. The van der Waals surface area contributed by atoms with Crippen molar-refractivity contribution in [3.8, 4) is 11.3 Å². The van der Waals surface area contributed by atoms with Gasteiger partial charge in [-0.25, -0.2) is 4.68 Å². The van der Waals surface area contributed by atoms with Gasteiger partial charge in [-0.05, 0) is 32.8 Å². The molecule has 0 unspecified atom stereocenters. The minimum atomic E-state index is -1.20. The van der Waals surface area contributed by atoms with Crippen LogP contribution in [0.5, 0.6) is 0 Å². The number of nitrogens with zero attached hydrogens (tertiary/aromatic N) is 2. The molecule has 118 valence electrons. The van der Waals surface area contributed by atoms with Crippen LogP contribution in [0.3, 0.4) is 0 Å². The number of aryl methyl sites for hydroxylation is 1. The van der Waals surface area contributed by atoms with Gasteiger partial charge in [0.15, 0.2) is 0 Å². The van der Waals surface area contributed by atoms with Crippen LogP contribution in [0.2, 0.25) is 0 Å². The van der Waals surface area contributed by atoms with Gasteiger partial charge in [0.2, 0.25) is 0 Å². The topological polar surface area (TPSA) is 55.1 Å². The summed E-state index contributed by atoms with van der Waals surface area (Å²) in [5, 5.41) is 14.8. The Morgan fingerprint density at radius 2 is 1.82 bits per heavy atom. The molecule has 0 amide bonds. The van der Waals surface area contributed by atoms with E-state index in [4.69, 9.17) is 0 Å². The molecule has 0 aliphatic rings. The summed E-state index contributed by atoms with van der Waals surface area (Å²) in [5.41, 5.74) is 1.77. The Hall–Kier alpha value is -1.94. The lowest BCUT2D eigenvalue weighted by atomic mass is 9.98. The SMILES string of the molecule is Cc1ccc(-c2cc(C(C)(C)O)c(=O)n(CC(C)C)n2)cc1. The third-order valence-corrected chi connectivity index (χ3v) is 3.52. The predicted molar refractivity (Wildman–Crippen MR) is 88.8 cm³/mol. The van der Waals surface area contributed by atoms with E-state index < -0.39 is 5.60 Å². The largest absolute Gasteiger partial charge is 0.386 e. The molecule has 1 heterocycles. The monoisotopic (exact) mass is 300 g/mol. The molecule has 2 aromatic rings. The van der Waals surface area contributed by atoms with Crippen LogP contribution in [0.15, 0.2) is 35.1 Å². The van der Waals surface area contributed by atoms with E-state index in [9.17, 15) is 9.90 Å². The van der Waals surface area contributed by atoms with E-state index in [-0.39, 0.29) is 5.56 Å². The number of hydrogen-bond acceptors (Lipinski definition) is 3. The van der Waals surface area contributed by atoms with Crippen molar-refractivity contribution in [3.05, 3.63) is 51.8 Å². The number of aromatic nitrogens is 2. The summed E-state index contributed by atoms with van der Waals surface area (Å²) in [6.45, 7) is 9.89. The van der Waals surface area contributed by atoms with Gasteiger partial charge in [0, 0.05) is 12.1 Å². The zero-order chi connectivity index (χ0) is 16.5. The molecule has 1 aromatic heterocycles. The zero-order valence-electron chi connectivity index (χ0n) is 13.9. The average molecular weight is 300 g/mol. The molecule has 22 heavy (non-hydrogen) atoms. The first kappa shape index (κ1) is 16.4. The average Bonchev–Trinajstić information content (AvgIpc) is 2.40. The van der Waals surface area contributed by atoms with E-state index in [2.05, 4.69) is 5.10 Å². The molecule has 0 fully saturated rings. The number of benzene rings is 1. The fraction of sp³-hybridized carbons (Fsp3) is 0.444. The van der Waals surface area contributed by atoms with Crippen LogP contribution in [-0.2, 0) is 12.1 Å². The molecule has 0 radical (unpaired) electrons. The normalized spacial score (nSPS) is 12.0. The van der Waals surface area contributed by atoms with Crippen LogP contribution in [-0.4, -0.2) is 14.9 Å². The van der Waals surface area contributed by atoms with Gasteiger partial charge in [-0.1, -0.05) is 43.7 Å². The van der Waals surface area contributed by atoms with Gasteiger partial charge in [0.25, 0.3) is 5.56 Å². The van der Waals surface area contributed by atoms with Gasteiger partial charge in [-0.2, -0.15) is 5.10 Å². The van der Waals surface area contributed by atoms with E-state index in [0.29, 0.717) is 23.7 Å². The minimum Gasteiger partial charge on any atom is -0.386 e. The van der Waals surface area contributed by atoms with Gasteiger partial charge in [-0.15, -0.1) is 0 Å². The molecule has 0 aliphatic carbocycles. The van der Waals surface area contributed by atoms with E-state index in [1.54, 1.807) is 19.9 Å². The summed E-state index contributed by atoms with van der Waals surface area (Å²) in [5.74, 6) is 0.299. The highest BCUT2D eigenvalue weighted by atomic mass is 16.3. The summed E-state index contributed by atoms with van der Waals surface area (Å²) in [6.07, 6.45) is 0. The van der Waals surface area contributed by atoms with Crippen molar-refractivity contribution < 1.29 is 5.11 Å². The van der Waals surface area contributed by atoms with Crippen molar-refractivity contribution in [2.75, 3.05) is 0 Å². The standard InChI is InChI=1S/C18H24N2O2/c1-12(2)11-20-17(21)15(18(4,5)22)10-16(19-20)14-8-6-13(3)7-9-14/h6-10,12,22H,11H2,1-5H3. The first-order chi connectivity index (χ1) is 10.2. The van der Waals surface area contributed by atoms with E-state index in [1.807, 2.05) is 45.0 Å². The van der Waals surface area contributed by atoms with Crippen LogP contribution in [0, 0.1) is 12.8 Å². The first-order valence-electron chi connectivity index (χ1n) is 7.60. The maximum Gasteiger partial charge on any atom is 0.272 e. The van der Waals surface area contributed by atoms with Gasteiger partial charge >= 0.3 is 0 Å². The predicted octanol–water partition coefficient (Wildman–Crippen LogP) is 3.10. The summed E-state index contributed by atoms with van der Waals surface area (Å²) < 4.78 is 1.47. The number of hydrogen-bond donors (Lipinski definition) is 1. The van der Waals surface area contributed by atoms with Crippen LogP contribution in [0.1, 0.15) is 38.8 Å². The second kappa shape index (κ2) is 6.05. The first-order valence-corrected chi connectivity index (χ1v) is 7.60. The van der Waals surface area contributed by atoms with Crippen LogP contribution < -0.4 is 5.56 Å². The fourth-order valence-electron chi connectivity index (χ4n) is 2.32. The van der Waals surface area contributed by atoms with Crippen molar-refractivity contribution in [2.24, 2.45) is 5.92 Å². The molecular weight excluding hydrogens is 276 g/mol. The molecule has 4 nitrogen and oxygen atoms in total. The van der Waals surface area contributed by atoms with Gasteiger partial charge < -0.3 is 5.11 Å². The Morgan fingerprint density at radius 1 is 1.23 bits per heavy atom. The number of rotatable bonds is 4. The van der Waals surface area contributed by atoms with E-state index >= 15 is 0 Å². The molecule has 4 heteroatoms. The molecule has 0 aliphatic heterocycles. The molecule has 0 spiro atoms. The molecule has 1 N–H and O–H groups in total. The highest BCUT2D eigenvalue weighted by molar-refractivity contribution is 5.59. The highest BCUT2D eigenvalue weighted by Crippen LogP contribution is 2.22. The van der Waals surface area contributed by atoms with Crippen molar-refractivity contribution in [3.63, 3.8) is 0 Å². The van der Waals surface area contributed by atoms with E-state index in [1.165, 1.54) is 10.2 Å². The van der Waals surface area contributed by atoms with Crippen LogP contribution >= 0.6 is 0 Å². The summed E-state index contributed by atoms with van der Waals surface area (Å²) in [6, 6.07) is 9.69. The third kappa shape index (κ3) is 3.63. The minimum absolute atomic E-state index is 0.225. The van der Waals surface area contributed by atoms with Crippen molar-refractivity contribution in [1.29, 1.82) is 0 Å². The van der Waals surface area contributed by atoms with Gasteiger partial charge in [0.05, 0.1) is 16.9 Å². The van der Waals surface area contributed by atoms with Crippen molar-refractivity contribution >= 4 is 0 Å². The summed E-state index contributed by atoms with van der Waals surface area (Å²) in [7, 11) is 0. The molecule has 1 aromatic carbocycles. The molecular formula is C18H24N2O2. The Bertz CT molecular complexity index is 707. The molecule has 2 rings (SSSR count). The molecule has 0 atom stereocenters. The Morgan fingerprint density at radius 3 is 2.32 bits per heavy atom. The number of aliphatic hydroxyl groups is 1. The van der Waals surface area contributed by atoms with Gasteiger partial charge in [-0.3, -0.25) is 4.79 Å². The molecule has 0 saturated carbocycles. The maximum atomic E-state index is 12.5. The second-order valence-electron chi connectivity index (χ2n) is 6.75. The van der Waals surface area contributed by atoms with Crippen LogP contribution in [0.25, 0.3) is 11.3 Å². The van der Waals surface area contributed by atoms with Crippen molar-refractivity contribution in [2.45, 2.75) is 46.8 Å². The smallest absolute Gasteiger partial charge is 0.272 e. The lowest BCUT2D eigenvalue weighted by Crippen LogP contribution is -2.34. The second-order valence-corrected chi connectivity index (χ2v) is 6.75.